The predicted molar refractivity (Wildman–Crippen MR) is 99.5 cm³/mol. The highest BCUT2D eigenvalue weighted by Gasteiger charge is 2.41. The first kappa shape index (κ1) is 20.4. The molecule has 1 aromatic carbocycles. The van der Waals surface area contributed by atoms with Crippen molar-refractivity contribution in [2.24, 2.45) is 0 Å². The molecule has 2 atom stereocenters. The normalized spacial score (nSPS) is 25.0. The topological polar surface area (TPSA) is 99.2 Å². The van der Waals surface area contributed by atoms with Crippen LogP contribution in [0.15, 0.2) is 23.1 Å². The molecule has 0 amide bonds. The first-order valence-corrected chi connectivity index (χ1v) is 12.1. The van der Waals surface area contributed by atoms with Gasteiger partial charge in [-0.3, -0.25) is 0 Å². The molecular weight excluding hydrogens is 394 g/mol. The molecule has 2 heterocycles. The van der Waals surface area contributed by atoms with Crippen molar-refractivity contribution in [2.75, 3.05) is 38.9 Å². The van der Waals surface area contributed by atoms with Crippen LogP contribution in [-0.4, -0.2) is 72.2 Å². The van der Waals surface area contributed by atoms with Crippen LogP contribution in [0.5, 0.6) is 11.5 Å². The van der Waals surface area contributed by atoms with Gasteiger partial charge in [0.25, 0.3) is 0 Å². The second kappa shape index (κ2) is 7.94. The Labute approximate surface area is 160 Å². The second-order valence-corrected chi connectivity index (χ2v) is 10.9. The Kier molecular flexibility index (Phi) is 5.99. The summed E-state index contributed by atoms with van der Waals surface area (Å²) in [4.78, 5) is -0.00639. The molecule has 10 heteroatoms. The number of sulfone groups is 1. The Morgan fingerprint density at radius 2 is 2.00 bits per heavy atom. The fourth-order valence-electron chi connectivity index (χ4n) is 3.55. The number of hydrogen-bond donors (Lipinski definition) is 0. The number of methoxy groups -OCH3 is 2. The summed E-state index contributed by atoms with van der Waals surface area (Å²) in [5, 5.41) is 0. The molecule has 0 unspecified atom stereocenters. The van der Waals surface area contributed by atoms with Crippen LogP contribution in [-0.2, 0) is 24.6 Å². The SMILES string of the molecule is COc1ccc(S(=O)(=O)N(C[C@@H]2CCCO2)[C@H]2CCS(=O)(=O)C2)c(OC)c1. The van der Waals surface area contributed by atoms with Crippen LogP contribution < -0.4 is 9.47 Å². The van der Waals surface area contributed by atoms with Crippen molar-refractivity contribution in [3.05, 3.63) is 18.2 Å². The van der Waals surface area contributed by atoms with E-state index in [-0.39, 0.29) is 41.2 Å². The van der Waals surface area contributed by atoms with E-state index >= 15 is 0 Å². The molecule has 0 saturated carbocycles. The number of ether oxygens (including phenoxy) is 3. The van der Waals surface area contributed by atoms with E-state index in [0.717, 1.165) is 12.8 Å². The molecule has 27 heavy (non-hydrogen) atoms. The minimum atomic E-state index is -3.98. The van der Waals surface area contributed by atoms with Crippen LogP contribution in [0.2, 0.25) is 0 Å². The fraction of sp³-hybridized carbons (Fsp3) is 0.647. The summed E-state index contributed by atoms with van der Waals surface area (Å²) < 4.78 is 68.1. The van der Waals surface area contributed by atoms with Crippen molar-refractivity contribution < 1.29 is 31.0 Å². The maximum absolute atomic E-state index is 13.5. The minimum absolute atomic E-state index is 0.00500. The van der Waals surface area contributed by atoms with E-state index in [1.165, 1.54) is 30.7 Å². The number of sulfonamides is 1. The summed E-state index contributed by atoms with van der Waals surface area (Å²) in [5.74, 6) is 0.458. The van der Waals surface area contributed by atoms with Crippen LogP contribution in [0.3, 0.4) is 0 Å². The number of rotatable bonds is 7. The first-order chi connectivity index (χ1) is 12.8. The van der Waals surface area contributed by atoms with Gasteiger partial charge in [-0.1, -0.05) is 0 Å². The largest absolute Gasteiger partial charge is 0.497 e. The molecule has 0 N–H and O–H groups in total. The maximum atomic E-state index is 13.5. The quantitative estimate of drug-likeness (QED) is 0.652. The highest BCUT2D eigenvalue weighted by molar-refractivity contribution is 7.92. The van der Waals surface area contributed by atoms with Gasteiger partial charge < -0.3 is 14.2 Å². The van der Waals surface area contributed by atoms with Crippen molar-refractivity contribution in [3.63, 3.8) is 0 Å². The number of nitrogens with zero attached hydrogens (tertiary/aromatic N) is 1. The summed E-state index contributed by atoms with van der Waals surface area (Å²) in [5.41, 5.74) is 0. The third-order valence-electron chi connectivity index (χ3n) is 4.98. The highest BCUT2D eigenvalue weighted by atomic mass is 32.2. The summed E-state index contributed by atoms with van der Waals surface area (Å²) in [6, 6.07) is 3.88. The van der Waals surface area contributed by atoms with Gasteiger partial charge in [0, 0.05) is 25.3 Å². The third kappa shape index (κ3) is 4.39. The van der Waals surface area contributed by atoms with Gasteiger partial charge in [-0.2, -0.15) is 4.31 Å². The van der Waals surface area contributed by atoms with Gasteiger partial charge in [-0.15, -0.1) is 0 Å². The Hall–Kier alpha value is -1.36. The molecule has 0 radical (unpaired) electrons. The lowest BCUT2D eigenvalue weighted by Gasteiger charge is -2.30. The van der Waals surface area contributed by atoms with Crippen LogP contribution >= 0.6 is 0 Å². The molecule has 2 aliphatic rings. The molecule has 0 bridgehead atoms. The van der Waals surface area contributed by atoms with Gasteiger partial charge in [0.15, 0.2) is 9.84 Å². The second-order valence-electron chi connectivity index (χ2n) is 6.78. The molecule has 1 aromatic rings. The molecular formula is C17H25NO7S2. The van der Waals surface area contributed by atoms with E-state index in [0.29, 0.717) is 12.4 Å². The van der Waals surface area contributed by atoms with Crippen molar-refractivity contribution in [2.45, 2.75) is 36.3 Å². The van der Waals surface area contributed by atoms with Crippen molar-refractivity contribution in [1.82, 2.24) is 4.31 Å². The average Bonchev–Trinajstić information content (AvgIpc) is 3.27. The molecule has 3 rings (SSSR count). The molecule has 2 fully saturated rings. The third-order valence-corrected chi connectivity index (χ3v) is 8.69. The van der Waals surface area contributed by atoms with E-state index in [2.05, 4.69) is 0 Å². The Morgan fingerprint density at radius 1 is 1.22 bits per heavy atom. The minimum Gasteiger partial charge on any atom is -0.497 e. The lowest BCUT2D eigenvalue weighted by Crippen LogP contribution is -2.45. The molecule has 0 aliphatic carbocycles. The zero-order chi connectivity index (χ0) is 19.7. The first-order valence-electron chi connectivity index (χ1n) is 8.83. The summed E-state index contributed by atoms with van der Waals surface area (Å²) in [7, 11) is -4.35. The molecule has 2 aliphatic heterocycles. The maximum Gasteiger partial charge on any atom is 0.247 e. The van der Waals surface area contributed by atoms with Gasteiger partial charge in [0.1, 0.15) is 16.4 Å². The van der Waals surface area contributed by atoms with E-state index in [1.807, 2.05) is 0 Å². The van der Waals surface area contributed by atoms with Crippen molar-refractivity contribution >= 4 is 19.9 Å². The van der Waals surface area contributed by atoms with Gasteiger partial charge in [-0.05, 0) is 31.4 Å². The van der Waals surface area contributed by atoms with E-state index in [1.54, 1.807) is 6.07 Å². The summed E-state index contributed by atoms with van der Waals surface area (Å²) in [6.45, 7) is 0.727. The van der Waals surface area contributed by atoms with E-state index in [4.69, 9.17) is 14.2 Å². The van der Waals surface area contributed by atoms with Crippen LogP contribution in [0.25, 0.3) is 0 Å². The zero-order valence-electron chi connectivity index (χ0n) is 15.5. The fourth-order valence-corrected chi connectivity index (χ4v) is 7.20. The Balaban J connectivity index is 1.99. The molecule has 2 saturated heterocycles. The smallest absolute Gasteiger partial charge is 0.247 e. The molecule has 8 nitrogen and oxygen atoms in total. The monoisotopic (exact) mass is 419 g/mol. The average molecular weight is 420 g/mol. The number of benzene rings is 1. The van der Waals surface area contributed by atoms with Crippen molar-refractivity contribution in [3.8, 4) is 11.5 Å². The van der Waals surface area contributed by atoms with Crippen LogP contribution in [0.1, 0.15) is 19.3 Å². The van der Waals surface area contributed by atoms with E-state index < -0.39 is 25.9 Å². The summed E-state index contributed by atoms with van der Waals surface area (Å²) in [6.07, 6.45) is 1.68. The molecule has 0 aromatic heterocycles. The standard InChI is InChI=1S/C17H25NO7S2/c1-23-14-5-6-17(16(10-14)24-2)27(21,22)18(11-15-4-3-8-25-15)13-7-9-26(19,20)12-13/h5-6,10,13,15H,3-4,7-9,11-12H2,1-2H3/t13-,15-/m0/s1. The Bertz CT molecular complexity index is 877. The zero-order valence-corrected chi connectivity index (χ0v) is 17.1. The predicted octanol–water partition coefficient (Wildman–Crippen LogP) is 1.06. The van der Waals surface area contributed by atoms with Gasteiger partial charge in [-0.25, -0.2) is 16.8 Å². The van der Waals surface area contributed by atoms with E-state index in [9.17, 15) is 16.8 Å². The lowest BCUT2D eigenvalue weighted by atomic mass is 10.2. The van der Waals surface area contributed by atoms with Gasteiger partial charge in [0.2, 0.25) is 10.0 Å². The van der Waals surface area contributed by atoms with Crippen LogP contribution in [0, 0.1) is 0 Å². The van der Waals surface area contributed by atoms with Crippen molar-refractivity contribution in [1.29, 1.82) is 0 Å². The highest BCUT2D eigenvalue weighted by Crippen LogP contribution is 2.34. The van der Waals surface area contributed by atoms with Crippen LogP contribution in [0.4, 0.5) is 0 Å². The Morgan fingerprint density at radius 3 is 2.56 bits per heavy atom. The number of hydrogen-bond acceptors (Lipinski definition) is 7. The molecule has 152 valence electrons. The van der Waals surface area contributed by atoms with Gasteiger partial charge in [0.05, 0.1) is 31.8 Å². The summed E-state index contributed by atoms with van der Waals surface area (Å²) >= 11 is 0. The lowest BCUT2D eigenvalue weighted by molar-refractivity contribution is 0.0876. The van der Waals surface area contributed by atoms with Gasteiger partial charge >= 0.3 is 0 Å². The molecule has 0 spiro atoms.